The van der Waals surface area contributed by atoms with E-state index in [0.717, 1.165) is 39.5 Å². The molecule has 2 heterocycles. The minimum Gasteiger partial charge on any atom is -0.454 e. The van der Waals surface area contributed by atoms with Crippen molar-refractivity contribution in [1.29, 1.82) is 0 Å². The van der Waals surface area contributed by atoms with E-state index < -0.39 is 0 Å². The summed E-state index contributed by atoms with van der Waals surface area (Å²) in [5, 5.41) is 13.3. The maximum atomic E-state index is 11.3. The number of nitrogens with zero attached hydrogens (tertiary/aromatic N) is 3. The molecule has 1 aliphatic rings. The molecule has 0 atom stereocenters. The molecule has 7 nitrogen and oxygen atoms in total. The highest BCUT2D eigenvalue weighted by atomic mass is 32.1. The number of thiazole rings is 1. The summed E-state index contributed by atoms with van der Waals surface area (Å²) in [6, 6.07) is 20.7. The summed E-state index contributed by atoms with van der Waals surface area (Å²) in [4.78, 5) is 16.6. The van der Waals surface area contributed by atoms with Gasteiger partial charge >= 0.3 is 0 Å². The number of benzene rings is 3. The van der Waals surface area contributed by atoms with E-state index in [2.05, 4.69) is 23.6 Å². The lowest BCUT2D eigenvalue weighted by atomic mass is 10.1. The highest BCUT2D eigenvalue weighted by molar-refractivity contribution is 7.07. The van der Waals surface area contributed by atoms with Crippen molar-refractivity contribution < 1.29 is 14.4 Å². The molecule has 0 radical (unpaired) electrons. The zero-order valence-electron chi connectivity index (χ0n) is 17.9. The van der Waals surface area contributed by atoms with Crippen LogP contribution < -0.4 is 14.3 Å². The van der Waals surface area contributed by atoms with Crippen molar-refractivity contribution in [3.05, 3.63) is 98.2 Å². The Kier molecular flexibility index (Phi) is 5.66. The van der Waals surface area contributed by atoms with Crippen LogP contribution in [0.3, 0.4) is 0 Å². The van der Waals surface area contributed by atoms with Gasteiger partial charge in [0.05, 0.1) is 22.8 Å². The number of fused-ring (bicyclic) bond motifs is 1. The van der Waals surface area contributed by atoms with Crippen LogP contribution in [0.15, 0.2) is 77.1 Å². The topological polar surface area (TPSA) is 78.9 Å². The fraction of sp³-hybridized carbons (Fsp3) is 0.160. The van der Waals surface area contributed by atoms with Crippen molar-refractivity contribution in [2.45, 2.75) is 19.9 Å². The van der Waals surface area contributed by atoms with Gasteiger partial charge in [-0.1, -0.05) is 37.3 Å². The summed E-state index contributed by atoms with van der Waals surface area (Å²) in [7, 11) is 0. The Bertz CT molecular complexity index is 1390. The summed E-state index contributed by atoms with van der Waals surface area (Å²) >= 11 is 1.51. The molecule has 8 heteroatoms. The van der Waals surface area contributed by atoms with E-state index in [-0.39, 0.29) is 17.4 Å². The van der Waals surface area contributed by atoms with E-state index in [9.17, 15) is 10.1 Å². The van der Waals surface area contributed by atoms with E-state index >= 15 is 0 Å². The molecule has 0 fully saturated rings. The largest absolute Gasteiger partial charge is 0.454 e. The molecule has 1 aliphatic heterocycles. The zero-order chi connectivity index (χ0) is 22.8. The quantitative estimate of drug-likeness (QED) is 0.274. The fourth-order valence-electron chi connectivity index (χ4n) is 3.72. The lowest BCUT2D eigenvalue weighted by Crippen LogP contribution is -2.16. The number of aromatic nitrogens is 1. The lowest BCUT2D eigenvalue weighted by Gasteiger charge is -2.10. The molecule has 0 saturated heterocycles. The molecule has 166 valence electrons. The van der Waals surface area contributed by atoms with Crippen molar-refractivity contribution in [1.82, 2.24) is 4.57 Å². The minimum absolute atomic E-state index is 0.0574. The van der Waals surface area contributed by atoms with Gasteiger partial charge in [-0.25, -0.2) is 4.99 Å². The van der Waals surface area contributed by atoms with E-state index in [1.54, 1.807) is 12.1 Å². The minimum atomic E-state index is -0.376. The van der Waals surface area contributed by atoms with E-state index in [4.69, 9.17) is 14.5 Å². The third-order valence-electron chi connectivity index (χ3n) is 5.50. The smallest absolute Gasteiger partial charge is 0.270 e. The first kappa shape index (κ1) is 21.0. The van der Waals surface area contributed by atoms with Gasteiger partial charge in [-0.2, -0.15) is 0 Å². The number of rotatable bonds is 6. The van der Waals surface area contributed by atoms with Crippen LogP contribution in [0, 0.1) is 10.1 Å². The molecule has 0 aliphatic carbocycles. The molecular formula is C25H21N3O4S. The number of nitro benzene ring substituents is 1. The fourth-order valence-corrected chi connectivity index (χ4v) is 4.65. The molecule has 33 heavy (non-hydrogen) atoms. The Morgan fingerprint density at radius 1 is 1.03 bits per heavy atom. The van der Waals surface area contributed by atoms with Gasteiger partial charge in [0.1, 0.15) is 0 Å². The Balaban J connectivity index is 1.61. The van der Waals surface area contributed by atoms with Crippen LogP contribution in [0.4, 0.5) is 11.4 Å². The van der Waals surface area contributed by atoms with Crippen molar-refractivity contribution in [2.75, 3.05) is 6.79 Å². The van der Waals surface area contributed by atoms with Crippen LogP contribution in [-0.4, -0.2) is 16.3 Å². The van der Waals surface area contributed by atoms with E-state index in [1.165, 1.54) is 23.0 Å². The lowest BCUT2D eigenvalue weighted by molar-refractivity contribution is -0.384. The Labute approximate surface area is 194 Å². The first-order valence-electron chi connectivity index (χ1n) is 10.6. The van der Waals surface area contributed by atoms with Crippen LogP contribution >= 0.6 is 11.3 Å². The SMILES string of the molecule is CCc1ccc(N=c2scc(-c3cccc([N+](=O)[O-])c3)n2Cc2ccc3c(c2)OCO3)cc1. The summed E-state index contributed by atoms with van der Waals surface area (Å²) < 4.78 is 13.0. The van der Waals surface area contributed by atoms with E-state index in [0.29, 0.717) is 12.3 Å². The second-order valence-corrected chi connectivity index (χ2v) is 8.45. The molecule has 1 aromatic heterocycles. The number of nitro groups is 1. The average molecular weight is 460 g/mol. The second-order valence-electron chi connectivity index (χ2n) is 7.62. The van der Waals surface area contributed by atoms with Crippen LogP contribution in [0.2, 0.25) is 0 Å². The molecule has 0 unspecified atom stereocenters. The van der Waals surface area contributed by atoms with Gasteiger partial charge in [0.15, 0.2) is 16.3 Å². The van der Waals surface area contributed by atoms with Crippen molar-refractivity contribution in [3.8, 4) is 22.8 Å². The number of hydrogen-bond donors (Lipinski definition) is 0. The highest BCUT2D eigenvalue weighted by Gasteiger charge is 2.16. The third kappa shape index (κ3) is 4.38. The molecule has 4 aromatic rings. The molecule has 0 saturated carbocycles. The second kappa shape index (κ2) is 8.91. The zero-order valence-corrected chi connectivity index (χ0v) is 18.7. The van der Waals surface area contributed by atoms with Gasteiger partial charge in [-0.3, -0.25) is 10.1 Å². The predicted octanol–water partition coefficient (Wildman–Crippen LogP) is 5.70. The molecule has 0 N–H and O–H groups in total. The van der Waals surface area contributed by atoms with Crippen molar-refractivity contribution >= 4 is 22.7 Å². The van der Waals surface area contributed by atoms with Gasteiger partial charge < -0.3 is 14.0 Å². The van der Waals surface area contributed by atoms with Gasteiger partial charge in [0, 0.05) is 23.1 Å². The number of non-ortho nitro benzene ring substituents is 1. The standard InChI is InChI=1S/C25H21N3O4S/c1-2-17-6-9-20(10-7-17)26-25-27(14-18-8-11-23-24(12-18)32-16-31-23)22(15-33-25)19-4-3-5-21(13-19)28(29)30/h3-13,15H,2,14,16H2,1H3. The summed E-state index contributed by atoms with van der Waals surface area (Å²) in [6.07, 6.45) is 0.973. The van der Waals surface area contributed by atoms with Gasteiger partial charge in [0.2, 0.25) is 6.79 Å². The van der Waals surface area contributed by atoms with Gasteiger partial charge in [-0.05, 0) is 41.8 Å². The Morgan fingerprint density at radius 2 is 1.82 bits per heavy atom. The first-order valence-corrected chi connectivity index (χ1v) is 11.4. The average Bonchev–Trinajstić information content (AvgIpc) is 3.46. The molecule has 0 amide bonds. The summed E-state index contributed by atoms with van der Waals surface area (Å²) in [6.45, 7) is 2.87. The van der Waals surface area contributed by atoms with Crippen LogP contribution in [0.1, 0.15) is 18.1 Å². The Morgan fingerprint density at radius 3 is 2.61 bits per heavy atom. The normalized spacial score (nSPS) is 12.8. The van der Waals surface area contributed by atoms with Crippen LogP contribution in [0.25, 0.3) is 11.3 Å². The van der Waals surface area contributed by atoms with Gasteiger partial charge in [-0.15, -0.1) is 11.3 Å². The molecule has 3 aromatic carbocycles. The number of hydrogen-bond acceptors (Lipinski definition) is 6. The predicted molar refractivity (Wildman–Crippen MR) is 127 cm³/mol. The van der Waals surface area contributed by atoms with Crippen LogP contribution in [-0.2, 0) is 13.0 Å². The highest BCUT2D eigenvalue weighted by Crippen LogP contribution is 2.33. The van der Waals surface area contributed by atoms with E-state index in [1.807, 2.05) is 41.8 Å². The molecular weight excluding hydrogens is 438 g/mol. The monoisotopic (exact) mass is 459 g/mol. The van der Waals surface area contributed by atoms with Crippen molar-refractivity contribution in [3.63, 3.8) is 0 Å². The maximum Gasteiger partial charge on any atom is 0.270 e. The number of aryl methyl sites for hydroxylation is 1. The molecule has 5 rings (SSSR count). The number of ether oxygens (including phenoxy) is 2. The molecule has 0 bridgehead atoms. The maximum absolute atomic E-state index is 11.3. The molecule has 0 spiro atoms. The van der Waals surface area contributed by atoms with Crippen LogP contribution in [0.5, 0.6) is 11.5 Å². The third-order valence-corrected chi connectivity index (χ3v) is 6.36. The summed E-state index contributed by atoms with van der Waals surface area (Å²) in [5.74, 6) is 1.45. The van der Waals surface area contributed by atoms with Gasteiger partial charge in [0.25, 0.3) is 5.69 Å². The first-order chi connectivity index (χ1) is 16.1. The van der Waals surface area contributed by atoms with Crippen molar-refractivity contribution in [2.24, 2.45) is 4.99 Å². The Hall–Kier alpha value is -3.91. The summed E-state index contributed by atoms with van der Waals surface area (Å²) in [5.41, 5.74) is 4.83.